The van der Waals surface area contributed by atoms with Crippen LogP contribution in [-0.4, -0.2) is 27.7 Å². The summed E-state index contributed by atoms with van der Waals surface area (Å²) >= 11 is 0. The highest BCUT2D eigenvalue weighted by atomic mass is 19.1. The zero-order chi connectivity index (χ0) is 23.0. The fourth-order valence-corrected chi connectivity index (χ4v) is 4.37. The van der Waals surface area contributed by atoms with Gasteiger partial charge in [-0.3, -0.25) is 14.6 Å². The topological polar surface area (TPSA) is 62.3 Å². The van der Waals surface area contributed by atoms with Crippen molar-refractivity contribution >= 4 is 11.8 Å². The van der Waals surface area contributed by atoms with E-state index in [4.69, 9.17) is 0 Å². The van der Waals surface area contributed by atoms with Crippen molar-refractivity contribution in [1.82, 2.24) is 15.2 Å². The molecule has 1 aliphatic rings. The molecule has 2 amide bonds. The standard InChI is InChI=1S/C27H28FN3O2/c28-23-16-8-7-15-22(23)25(26(32)30-21-13-5-2-6-14-21)31(19-20-11-3-1-4-12-20)27(33)24-17-9-10-18-29-24/h1,3-4,7-12,15-18,21,25H,2,5-6,13-14,19H2,(H,30,32). The lowest BCUT2D eigenvalue weighted by atomic mass is 9.94. The number of hydrogen-bond acceptors (Lipinski definition) is 3. The van der Waals surface area contributed by atoms with E-state index in [0.717, 1.165) is 37.7 Å². The minimum atomic E-state index is -1.12. The van der Waals surface area contributed by atoms with Crippen molar-refractivity contribution in [2.75, 3.05) is 0 Å². The van der Waals surface area contributed by atoms with Crippen LogP contribution in [0.5, 0.6) is 0 Å². The Balaban J connectivity index is 1.75. The molecule has 3 aromatic rings. The smallest absolute Gasteiger partial charge is 0.273 e. The minimum Gasteiger partial charge on any atom is -0.351 e. The van der Waals surface area contributed by atoms with Crippen molar-refractivity contribution < 1.29 is 14.0 Å². The monoisotopic (exact) mass is 445 g/mol. The van der Waals surface area contributed by atoms with Crippen LogP contribution < -0.4 is 5.32 Å². The van der Waals surface area contributed by atoms with Crippen LogP contribution >= 0.6 is 0 Å². The van der Waals surface area contributed by atoms with E-state index >= 15 is 4.39 Å². The zero-order valence-electron chi connectivity index (χ0n) is 18.5. The van der Waals surface area contributed by atoms with Gasteiger partial charge in [-0.1, -0.05) is 73.9 Å². The summed E-state index contributed by atoms with van der Waals surface area (Å²) < 4.78 is 15.0. The molecule has 0 saturated heterocycles. The molecule has 1 heterocycles. The number of benzene rings is 2. The summed E-state index contributed by atoms with van der Waals surface area (Å²) in [5.74, 6) is -1.31. The van der Waals surface area contributed by atoms with Crippen LogP contribution in [0.4, 0.5) is 4.39 Å². The van der Waals surface area contributed by atoms with Crippen molar-refractivity contribution in [1.29, 1.82) is 0 Å². The molecular formula is C27H28FN3O2. The SMILES string of the molecule is O=C(NC1CCCCC1)C(c1ccccc1F)N(Cc1ccccc1)C(=O)c1ccccn1. The van der Waals surface area contributed by atoms with Gasteiger partial charge in [0.05, 0.1) is 0 Å². The second kappa shape index (κ2) is 10.9. The van der Waals surface area contributed by atoms with E-state index in [1.54, 1.807) is 36.4 Å². The van der Waals surface area contributed by atoms with Gasteiger partial charge in [-0.25, -0.2) is 4.39 Å². The minimum absolute atomic E-state index is 0.0315. The number of pyridine rings is 1. The maximum absolute atomic E-state index is 15.0. The molecular weight excluding hydrogens is 417 g/mol. The van der Waals surface area contributed by atoms with Gasteiger partial charge in [-0.05, 0) is 36.6 Å². The van der Waals surface area contributed by atoms with Gasteiger partial charge in [-0.15, -0.1) is 0 Å². The molecule has 33 heavy (non-hydrogen) atoms. The number of carbonyl (C=O) groups is 2. The van der Waals surface area contributed by atoms with E-state index in [-0.39, 0.29) is 29.8 Å². The molecule has 1 saturated carbocycles. The number of amides is 2. The largest absolute Gasteiger partial charge is 0.351 e. The van der Waals surface area contributed by atoms with Crippen LogP contribution in [0, 0.1) is 5.82 Å². The van der Waals surface area contributed by atoms with E-state index in [2.05, 4.69) is 10.3 Å². The third kappa shape index (κ3) is 5.64. The molecule has 0 radical (unpaired) electrons. The van der Waals surface area contributed by atoms with Gasteiger partial charge in [0.1, 0.15) is 17.6 Å². The summed E-state index contributed by atoms with van der Waals surface area (Å²) in [6.07, 6.45) is 6.58. The average Bonchev–Trinajstić information content (AvgIpc) is 2.86. The van der Waals surface area contributed by atoms with Crippen molar-refractivity contribution in [3.8, 4) is 0 Å². The molecule has 0 spiro atoms. The van der Waals surface area contributed by atoms with Crippen LogP contribution in [0.3, 0.4) is 0 Å². The lowest BCUT2D eigenvalue weighted by Crippen LogP contribution is -2.47. The molecule has 1 unspecified atom stereocenters. The number of halogens is 1. The van der Waals surface area contributed by atoms with Crippen molar-refractivity contribution in [3.63, 3.8) is 0 Å². The predicted octanol–water partition coefficient (Wildman–Crippen LogP) is 5.05. The Kier molecular flexibility index (Phi) is 7.45. The summed E-state index contributed by atoms with van der Waals surface area (Å²) in [5, 5.41) is 3.10. The second-order valence-corrected chi connectivity index (χ2v) is 8.40. The number of nitrogens with zero attached hydrogens (tertiary/aromatic N) is 2. The normalized spacial score (nSPS) is 14.9. The van der Waals surface area contributed by atoms with Gasteiger partial charge < -0.3 is 10.2 Å². The summed E-state index contributed by atoms with van der Waals surface area (Å²) in [5.41, 5.74) is 1.22. The second-order valence-electron chi connectivity index (χ2n) is 8.40. The summed E-state index contributed by atoms with van der Waals surface area (Å²) in [7, 11) is 0. The average molecular weight is 446 g/mol. The third-order valence-corrected chi connectivity index (χ3v) is 6.05. The van der Waals surface area contributed by atoms with Crippen molar-refractivity contribution in [3.05, 3.63) is 102 Å². The van der Waals surface area contributed by atoms with Gasteiger partial charge in [0.25, 0.3) is 5.91 Å². The first-order chi connectivity index (χ1) is 16.1. The maximum atomic E-state index is 15.0. The predicted molar refractivity (Wildman–Crippen MR) is 125 cm³/mol. The Morgan fingerprint density at radius 2 is 1.64 bits per heavy atom. The third-order valence-electron chi connectivity index (χ3n) is 6.05. The highest BCUT2D eigenvalue weighted by molar-refractivity contribution is 5.96. The molecule has 1 aromatic heterocycles. The molecule has 6 heteroatoms. The van der Waals surface area contributed by atoms with Crippen LogP contribution in [0.25, 0.3) is 0 Å². The Morgan fingerprint density at radius 1 is 0.939 bits per heavy atom. The quantitative estimate of drug-likeness (QED) is 0.553. The Hall–Kier alpha value is -3.54. The summed E-state index contributed by atoms with van der Waals surface area (Å²) in [4.78, 5) is 32.9. The first-order valence-corrected chi connectivity index (χ1v) is 11.4. The molecule has 1 N–H and O–H groups in total. The Morgan fingerprint density at radius 3 is 2.33 bits per heavy atom. The number of nitrogens with one attached hydrogen (secondary N) is 1. The van der Waals surface area contributed by atoms with Gasteiger partial charge in [0, 0.05) is 24.3 Å². The van der Waals surface area contributed by atoms with Gasteiger partial charge >= 0.3 is 0 Å². The molecule has 170 valence electrons. The maximum Gasteiger partial charge on any atom is 0.273 e. The molecule has 1 fully saturated rings. The highest BCUT2D eigenvalue weighted by Gasteiger charge is 2.35. The molecule has 1 aliphatic carbocycles. The number of rotatable bonds is 7. The first-order valence-electron chi connectivity index (χ1n) is 11.4. The number of hydrogen-bond donors (Lipinski definition) is 1. The van der Waals surface area contributed by atoms with Crippen molar-refractivity contribution in [2.24, 2.45) is 0 Å². The molecule has 1 atom stereocenters. The Bertz CT molecular complexity index is 1070. The Labute approximate surface area is 193 Å². The van der Waals surface area contributed by atoms with Crippen LogP contribution in [-0.2, 0) is 11.3 Å². The molecule has 0 aliphatic heterocycles. The lowest BCUT2D eigenvalue weighted by molar-refractivity contribution is -0.127. The van der Waals surface area contributed by atoms with Gasteiger partial charge in [0.15, 0.2) is 0 Å². The molecule has 0 bridgehead atoms. The summed E-state index contributed by atoms with van der Waals surface area (Å²) in [6.45, 7) is 0.146. The van der Waals surface area contributed by atoms with E-state index in [0.29, 0.717) is 0 Å². The molecule has 4 rings (SSSR count). The van der Waals surface area contributed by atoms with E-state index in [1.807, 2.05) is 30.3 Å². The van der Waals surface area contributed by atoms with E-state index < -0.39 is 17.8 Å². The lowest BCUT2D eigenvalue weighted by Gasteiger charge is -2.33. The number of carbonyl (C=O) groups excluding carboxylic acids is 2. The van der Waals surface area contributed by atoms with E-state index in [1.165, 1.54) is 17.2 Å². The van der Waals surface area contributed by atoms with Gasteiger partial charge in [-0.2, -0.15) is 0 Å². The van der Waals surface area contributed by atoms with Crippen LogP contribution in [0.2, 0.25) is 0 Å². The van der Waals surface area contributed by atoms with Crippen molar-refractivity contribution in [2.45, 2.75) is 50.7 Å². The van der Waals surface area contributed by atoms with Crippen LogP contribution in [0.15, 0.2) is 79.0 Å². The fourth-order valence-electron chi connectivity index (χ4n) is 4.37. The highest BCUT2D eigenvalue weighted by Crippen LogP contribution is 2.28. The zero-order valence-corrected chi connectivity index (χ0v) is 18.5. The first kappa shape index (κ1) is 22.6. The van der Waals surface area contributed by atoms with E-state index in [9.17, 15) is 9.59 Å². The number of aromatic nitrogens is 1. The molecule has 2 aromatic carbocycles. The molecule has 5 nitrogen and oxygen atoms in total. The van der Waals surface area contributed by atoms with Crippen LogP contribution in [0.1, 0.15) is 59.8 Å². The summed E-state index contributed by atoms with van der Waals surface area (Å²) in [6, 6.07) is 19.5. The van der Waals surface area contributed by atoms with Gasteiger partial charge in [0.2, 0.25) is 5.91 Å². The fraction of sp³-hybridized carbons (Fsp3) is 0.296.